The van der Waals surface area contributed by atoms with Crippen molar-refractivity contribution in [1.82, 2.24) is 9.88 Å². The van der Waals surface area contributed by atoms with Crippen LogP contribution in [0.3, 0.4) is 0 Å². The van der Waals surface area contributed by atoms with Gasteiger partial charge in [-0.05, 0) is 49.6 Å². The van der Waals surface area contributed by atoms with Crippen LogP contribution >= 0.6 is 0 Å². The van der Waals surface area contributed by atoms with Gasteiger partial charge in [-0.2, -0.15) is 0 Å². The Morgan fingerprint density at radius 2 is 2.00 bits per heavy atom. The number of urea groups is 1. The first-order valence-electron chi connectivity index (χ1n) is 8.34. The molecule has 2 amide bonds. The van der Waals surface area contributed by atoms with Gasteiger partial charge in [-0.1, -0.05) is 17.7 Å². The molecule has 0 bridgehead atoms. The lowest BCUT2D eigenvalue weighted by Gasteiger charge is -2.26. The zero-order valence-electron chi connectivity index (χ0n) is 13.9. The molecular formula is C19H23N3O2. The fraction of sp³-hybridized carbons (Fsp3) is 0.368. The van der Waals surface area contributed by atoms with Crippen molar-refractivity contribution < 1.29 is 9.53 Å². The summed E-state index contributed by atoms with van der Waals surface area (Å²) in [5, 5.41) is 2.98. The summed E-state index contributed by atoms with van der Waals surface area (Å²) in [7, 11) is 0. The zero-order valence-corrected chi connectivity index (χ0v) is 13.9. The molecule has 1 aromatic heterocycles. The number of aryl methyl sites for hydroxylation is 1. The number of pyridine rings is 1. The van der Waals surface area contributed by atoms with Crippen LogP contribution in [0.25, 0.3) is 0 Å². The van der Waals surface area contributed by atoms with Crippen LogP contribution < -0.4 is 5.32 Å². The van der Waals surface area contributed by atoms with Gasteiger partial charge in [0.1, 0.15) is 0 Å². The van der Waals surface area contributed by atoms with E-state index in [0.717, 1.165) is 30.7 Å². The van der Waals surface area contributed by atoms with E-state index in [2.05, 4.69) is 10.3 Å². The molecule has 1 aromatic carbocycles. The van der Waals surface area contributed by atoms with Crippen LogP contribution in [0.5, 0.6) is 0 Å². The Bertz CT molecular complexity index is 652. The second-order valence-electron chi connectivity index (χ2n) is 6.17. The van der Waals surface area contributed by atoms with Gasteiger partial charge in [-0.3, -0.25) is 4.98 Å². The number of amides is 2. The Morgan fingerprint density at radius 1 is 1.25 bits per heavy atom. The lowest BCUT2D eigenvalue weighted by molar-refractivity contribution is 0.0819. The second kappa shape index (κ2) is 7.93. The maximum atomic E-state index is 12.7. The standard InChI is InChI=1S/C19H23N3O2/c1-15-4-6-17(7-5-15)21-19(23)22(14-18-3-2-12-24-18)13-16-8-10-20-11-9-16/h4-11,18H,2-3,12-14H2,1H3,(H,21,23). The minimum Gasteiger partial charge on any atom is -0.376 e. The number of rotatable bonds is 5. The van der Waals surface area contributed by atoms with Gasteiger partial charge in [-0.15, -0.1) is 0 Å². The van der Waals surface area contributed by atoms with E-state index in [1.54, 1.807) is 12.4 Å². The molecule has 0 aliphatic carbocycles. The third-order valence-corrected chi connectivity index (χ3v) is 4.16. The van der Waals surface area contributed by atoms with E-state index in [-0.39, 0.29) is 12.1 Å². The number of nitrogens with zero attached hydrogens (tertiary/aromatic N) is 2. The number of carbonyl (C=O) groups is 1. The van der Waals surface area contributed by atoms with Crippen LogP contribution in [0.15, 0.2) is 48.8 Å². The molecule has 1 atom stereocenters. The summed E-state index contributed by atoms with van der Waals surface area (Å²) in [5.41, 5.74) is 3.03. The highest BCUT2D eigenvalue weighted by Gasteiger charge is 2.23. The van der Waals surface area contributed by atoms with E-state index in [1.165, 1.54) is 5.56 Å². The number of nitrogens with one attached hydrogen (secondary N) is 1. The molecule has 0 radical (unpaired) electrons. The molecule has 2 aromatic rings. The first-order valence-corrected chi connectivity index (χ1v) is 8.34. The maximum Gasteiger partial charge on any atom is 0.322 e. The SMILES string of the molecule is Cc1ccc(NC(=O)N(Cc2ccncc2)CC2CCCO2)cc1. The minimum absolute atomic E-state index is 0.105. The normalized spacial score (nSPS) is 16.8. The number of anilines is 1. The maximum absolute atomic E-state index is 12.7. The Morgan fingerprint density at radius 3 is 2.67 bits per heavy atom. The van der Waals surface area contributed by atoms with E-state index >= 15 is 0 Å². The van der Waals surface area contributed by atoms with E-state index in [9.17, 15) is 4.79 Å². The zero-order chi connectivity index (χ0) is 16.8. The summed E-state index contributed by atoms with van der Waals surface area (Å²) < 4.78 is 5.70. The van der Waals surface area contributed by atoms with Gasteiger partial charge >= 0.3 is 6.03 Å². The molecule has 1 fully saturated rings. The van der Waals surface area contributed by atoms with Crippen LogP contribution in [-0.4, -0.2) is 35.2 Å². The van der Waals surface area contributed by atoms with Crippen LogP contribution in [0, 0.1) is 6.92 Å². The molecule has 24 heavy (non-hydrogen) atoms. The molecule has 0 spiro atoms. The van der Waals surface area contributed by atoms with Crippen LogP contribution in [0.1, 0.15) is 24.0 Å². The van der Waals surface area contributed by atoms with Crippen molar-refractivity contribution in [2.75, 3.05) is 18.5 Å². The third-order valence-electron chi connectivity index (χ3n) is 4.16. The molecule has 1 unspecified atom stereocenters. The van der Waals surface area contributed by atoms with Gasteiger partial charge in [0.2, 0.25) is 0 Å². The van der Waals surface area contributed by atoms with E-state index in [0.29, 0.717) is 13.1 Å². The predicted molar refractivity (Wildman–Crippen MR) is 93.8 cm³/mol. The fourth-order valence-electron chi connectivity index (χ4n) is 2.80. The number of benzene rings is 1. The Labute approximate surface area is 142 Å². The predicted octanol–water partition coefficient (Wildman–Crippen LogP) is 3.60. The topological polar surface area (TPSA) is 54.5 Å². The number of aromatic nitrogens is 1. The Kier molecular flexibility index (Phi) is 5.43. The quantitative estimate of drug-likeness (QED) is 0.914. The molecule has 3 rings (SSSR count). The number of carbonyl (C=O) groups excluding carboxylic acids is 1. The summed E-state index contributed by atoms with van der Waals surface area (Å²) in [6.07, 6.45) is 5.68. The van der Waals surface area contributed by atoms with Gasteiger partial charge in [0.15, 0.2) is 0 Å². The van der Waals surface area contributed by atoms with Crippen LogP contribution in [0.2, 0.25) is 0 Å². The second-order valence-corrected chi connectivity index (χ2v) is 6.17. The lowest BCUT2D eigenvalue weighted by Crippen LogP contribution is -2.39. The third kappa shape index (κ3) is 4.55. The van der Waals surface area contributed by atoms with Crippen molar-refractivity contribution in [2.24, 2.45) is 0 Å². The Hall–Kier alpha value is -2.40. The molecule has 1 aliphatic heterocycles. The first-order chi connectivity index (χ1) is 11.7. The van der Waals surface area contributed by atoms with Gasteiger partial charge in [0.05, 0.1) is 6.10 Å². The van der Waals surface area contributed by atoms with E-state index in [1.807, 2.05) is 48.2 Å². The average molecular weight is 325 g/mol. The minimum atomic E-state index is -0.105. The van der Waals surface area contributed by atoms with Gasteiger partial charge < -0.3 is 15.0 Å². The van der Waals surface area contributed by atoms with Crippen molar-refractivity contribution in [1.29, 1.82) is 0 Å². The van der Waals surface area contributed by atoms with Crippen LogP contribution in [0.4, 0.5) is 10.5 Å². The smallest absolute Gasteiger partial charge is 0.322 e. The van der Waals surface area contributed by atoms with Crippen LogP contribution in [-0.2, 0) is 11.3 Å². The van der Waals surface area contributed by atoms with Gasteiger partial charge in [0.25, 0.3) is 0 Å². The highest BCUT2D eigenvalue weighted by molar-refractivity contribution is 5.89. The monoisotopic (exact) mass is 325 g/mol. The van der Waals surface area contributed by atoms with E-state index < -0.39 is 0 Å². The van der Waals surface area contributed by atoms with Crippen molar-refractivity contribution in [3.8, 4) is 0 Å². The summed E-state index contributed by atoms with van der Waals surface area (Å²) >= 11 is 0. The fourth-order valence-corrected chi connectivity index (χ4v) is 2.80. The summed E-state index contributed by atoms with van der Waals surface area (Å²) in [5.74, 6) is 0. The number of ether oxygens (including phenoxy) is 1. The van der Waals surface area contributed by atoms with E-state index in [4.69, 9.17) is 4.74 Å². The molecule has 126 valence electrons. The molecule has 1 aliphatic rings. The Balaban J connectivity index is 1.69. The van der Waals surface area contributed by atoms with Gasteiger partial charge in [-0.25, -0.2) is 4.79 Å². The number of hydrogen-bond acceptors (Lipinski definition) is 3. The molecule has 0 saturated carbocycles. The molecule has 1 N–H and O–H groups in total. The lowest BCUT2D eigenvalue weighted by atomic mass is 10.2. The molecule has 2 heterocycles. The van der Waals surface area contributed by atoms with Crippen molar-refractivity contribution in [3.05, 3.63) is 59.9 Å². The van der Waals surface area contributed by atoms with Gasteiger partial charge in [0, 0.05) is 37.8 Å². The summed E-state index contributed by atoms with van der Waals surface area (Å²) in [6.45, 7) is 3.95. The largest absolute Gasteiger partial charge is 0.376 e. The van der Waals surface area contributed by atoms with Crippen molar-refractivity contribution in [2.45, 2.75) is 32.4 Å². The summed E-state index contributed by atoms with van der Waals surface area (Å²) in [4.78, 5) is 18.6. The molecule has 5 heteroatoms. The molecule has 1 saturated heterocycles. The highest BCUT2D eigenvalue weighted by atomic mass is 16.5. The highest BCUT2D eigenvalue weighted by Crippen LogP contribution is 2.17. The summed E-state index contributed by atoms with van der Waals surface area (Å²) in [6, 6.07) is 11.6. The molecular weight excluding hydrogens is 302 g/mol. The van der Waals surface area contributed by atoms with Crippen molar-refractivity contribution >= 4 is 11.7 Å². The van der Waals surface area contributed by atoms with Crippen molar-refractivity contribution in [3.63, 3.8) is 0 Å². The molecule has 5 nitrogen and oxygen atoms in total. The number of hydrogen-bond donors (Lipinski definition) is 1. The average Bonchev–Trinajstić information content (AvgIpc) is 3.10. The first kappa shape index (κ1) is 16.5.